The Labute approximate surface area is 161 Å². The Morgan fingerprint density at radius 1 is 1.14 bits per heavy atom. The number of amides is 2. The largest absolute Gasteiger partial charge is 0.423 e. The molecule has 142 valence electrons. The average Bonchev–Trinajstić information content (AvgIpc) is 3.03. The number of likely N-dealkylation sites (tertiary alicyclic amines) is 1. The number of nitrogens with zero attached hydrogens (tertiary/aromatic N) is 1. The fourth-order valence-corrected chi connectivity index (χ4v) is 3.55. The van der Waals surface area contributed by atoms with E-state index in [1.54, 1.807) is 17.0 Å². The zero-order valence-electron chi connectivity index (χ0n) is 15.5. The van der Waals surface area contributed by atoms with Crippen LogP contribution in [0.4, 0.5) is 5.69 Å². The Hall–Kier alpha value is -3.41. The molecule has 6 nitrogen and oxygen atoms in total. The highest BCUT2D eigenvalue weighted by molar-refractivity contribution is 5.98. The lowest BCUT2D eigenvalue weighted by Gasteiger charge is -2.16. The average molecular weight is 376 g/mol. The third-order valence-electron chi connectivity index (χ3n) is 5.02. The summed E-state index contributed by atoms with van der Waals surface area (Å²) in [5.41, 5.74) is 2.40. The van der Waals surface area contributed by atoms with Crippen molar-refractivity contribution in [1.82, 2.24) is 4.90 Å². The van der Waals surface area contributed by atoms with Crippen LogP contribution >= 0.6 is 0 Å². The third-order valence-corrected chi connectivity index (χ3v) is 5.02. The number of hydrogen-bond donors (Lipinski definition) is 1. The first-order valence-electron chi connectivity index (χ1n) is 9.17. The molecular formula is C22H20N2O4. The van der Waals surface area contributed by atoms with Crippen LogP contribution in [-0.4, -0.2) is 23.3 Å². The molecule has 4 rings (SSSR count). The maximum Gasteiger partial charge on any atom is 0.336 e. The van der Waals surface area contributed by atoms with Gasteiger partial charge < -0.3 is 14.6 Å². The number of aryl methyl sites for hydroxylation is 1. The molecule has 1 aliphatic rings. The van der Waals surface area contributed by atoms with Gasteiger partial charge in [0.05, 0.1) is 5.92 Å². The summed E-state index contributed by atoms with van der Waals surface area (Å²) < 4.78 is 5.22. The summed E-state index contributed by atoms with van der Waals surface area (Å²) in [4.78, 5) is 38.2. The van der Waals surface area contributed by atoms with Crippen molar-refractivity contribution in [3.63, 3.8) is 0 Å². The number of carbonyl (C=O) groups excluding carboxylic acids is 2. The predicted octanol–water partition coefficient (Wildman–Crippen LogP) is 3.09. The molecule has 2 heterocycles. The number of rotatable bonds is 4. The van der Waals surface area contributed by atoms with Crippen molar-refractivity contribution in [2.45, 2.75) is 19.9 Å². The van der Waals surface area contributed by atoms with E-state index in [-0.39, 0.29) is 18.2 Å². The number of carbonyl (C=O) groups is 2. The molecule has 2 amide bonds. The Morgan fingerprint density at radius 3 is 2.71 bits per heavy atom. The van der Waals surface area contributed by atoms with Gasteiger partial charge in [0.1, 0.15) is 5.58 Å². The Bertz CT molecular complexity index is 1100. The molecule has 0 bridgehead atoms. The Kier molecular flexibility index (Phi) is 4.69. The van der Waals surface area contributed by atoms with Crippen LogP contribution in [-0.2, 0) is 16.1 Å². The molecule has 1 aliphatic heterocycles. The van der Waals surface area contributed by atoms with E-state index in [0.717, 1.165) is 16.5 Å². The second-order valence-electron chi connectivity index (χ2n) is 7.11. The summed E-state index contributed by atoms with van der Waals surface area (Å²) >= 11 is 0. The lowest BCUT2D eigenvalue weighted by Crippen LogP contribution is -2.28. The third kappa shape index (κ3) is 3.67. The van der Waals surface area contributed by atoms with Crippen LogP contribution in [0.25, 0.3) is 11.0 Å². The van der Waals surface area contributed by atoms with Crippen LogP contribution in [0.1, 0.15) is 17.5 Å². The van der Waals surface area contributed by atoms with Gasteiger partial charge in [-0.05, 0) is 30.2 Å². The number of nitrogens with one attached hydrogen (secondary N) is 1. The highest BCUT2D eigenvalue weighted by Gasteiger charge is 2.34. The van der Waals surface area contributed by atoms with Crippen LogP contribution in [0.5, 0.6) is 0 Å². The second kappa shape index (κ2) is 7.31. The quantitative estimate of drug-likeness (QED) is 0.710. The molecule has 0 aliphatic carbocycles. The molecule has 28 heavy (non-hydrogen) atoms. The molecule has 0 radical (unpaired) electrons. The number of benzene rings is 2. The van der Waals surface area contributed by atoms with Crippen molar-refractivity contribution < 1.29 is 14.0 Å². The van der Waals surface area contributed by atoms with Gasteiger partial charge in [-0.2, -0.15) is 0 Å². The van der Waals surface area contributed by atoms with Crippen LogP contribution in [0.15, 0.2) is 63.8 Å². The van der Waals surface area contributed by atoms with Crippen LogP contribution in [0, 0.1) is 12.8 Å². The molecular weight excluding hydrogens is 356 g/mol. The number of hydrogen-bond acceptors (Lipinski definition) is 4. The fourth-order valence-electron chi connectivity index (χ4n) is 3.55. The minimum Gasteiger partial charge on any atom is -0.423 e. The summed E-state index contributed by atoms with van der Waals surface area (Å²) in [6, 6.07) is 16.4. The van der Waals surface area contributed by atoms with Crippen LogP contribution in [0.2, 0.25) is 0 Å². The van der Waals surface area contributed by atoms with Gasteiger partial charge in [-0.25, -0.2) is 4.79 Å². The monoisotopic (exact) mass is 376 g/mol. The lowest BCUT2D eigenvalue weighted by atomic mass is 10.1. The smallest absolute Gasteiger partial charge is 0.336 e. The topological polar surface area (TPSA) is 79.6 Å². The van der Waals surface area contributed by atoms with Crippen LogP contribution < -0.4 is 10.9 Å². The van der Waals surface area contributed by atoms with Gasteiger partial charge in [0, 0.05) is 42.7 Å². The summed E-state index contributed by atoms with van der Waals surface area (Å²) in [5, 5.41) is 3.66. The van der Waals surface area contributed by atoms with Gasteiger partial charge in [-0.1, -0.05) is 30.3 Å². The summed E-state index contributed by atoms with van der Waals surface area (Å²) in [5.74, 6) is -0.640. The maximum atomic E-state index is 12.6. The van der Waals surface area contributed by atoms with E-state index in [1.807, 2.05) is 43.3 Å². The van der Waals surface area contributed by atoms with Gasteiger partial charge in [-0.15, -0.1) is 0 Å². The molecule has 0 spiro atoms. The molecule has 1 N–H and O–H groups in total. The molecule has 3 aromatic rings. The minimum absolute atomic E-state index is 0.0239. The molecule has 6 heteroatoms. The van der Waals surface area contributed by atoms with Crippen molar-refractivity contribution in [2.75, 3.05) is 11.9 Å². The first kappa shape index (κ1) is 18.0. The van der Waals surface area contributed by atoms with Crippen molar-refractivity contribution in [3.05, 3.63) is 76.1 Å². The summed E-state index contributed by atoms with van der Waals surface area (Å²) in [7, 11) is 0. The van der Waals surface area contributed by atoms with Gasteiger partial charge >= 0.3 is 5.63 Å². The van der Waals surface area contributed by atoms with Gasteiger partial charge in [0.25, 0.3) is 0 Å². The SMILES string of the molecule is Cc1cc(=O)oc2cc(NC(=O)[C@@H]3CC(=O)N(Cc4ccccc4)C3)ccc12. The first-order valence-corrected chi connectivity index (χ1v) is 9.17. The molecule has 0 saturated carbocycles. The second-order valence-corrected chi connectivity index (χ2v) is 7.11. The molecule has 1 atom stereocenters. The number of anilines is 1. The van der Waals surface area contributed by atoms with E-state index in [9.17, 15) is 14.4 Å². The zero-order valence-corrected chi connectivity index (χ0v) is 15.5. The number of fused-ring (bicyclic) bond motifs is 1. The van der Waals surface area contributed by atoms with E-state index in [2.05, 4.69) is 5.32 Å². The molecule has 1 fully saturated rings. The Morgan fingerprint density at radius 2 is 1.93 bits per heavy atom. The molecule has 0 unspecified atom stereocenters. The van der Waals surface area contributed by atoms with E-state index in [0.29, 0.717) is 24.4 Å². The standard InChI is InChI=1S/C22H20N2O4/c1-14-9-21(26)28-19-11-17(7-8-18(14)19)23-22(27)16-10-20(25)24(13-16)12-15-5-3-2-4-6-15/h2-9,11,16H,10,12-13H2,1H3,(H,23,27)/t16-/m1/s1. The molecule has 1 saturated heterocycles. The highest BCUT2D eigenvalue weighted by Crippen LogP contribution is 2.24. The summed E-state index contributed by atoms with van der Waals surface area (Å²) in [6.45, 7) is 2.73. The van der Waals surface area contributed by atoms with E-state index in [1.165, 1.54) is 6.07 Å². The zero-order chi connectivity index (χ0) is 19.7. The van der Waals surface area contributed by atoms with Gasteiger partial charge in [0.15, 0.2) is 0 Å². The molecule has 2 aromatic carbocycles. The normalized spacial score (nSPS) is 16.5. The highest BCUT2D eigenvalue weighted by atomic mass is 16.4. The van der Waals surface area contributed by atoms with E-state index in [4.69, 9.17) is 4.42 Å². The van der Waals surface area contributed by atoms with E-state index >= 15 is 0 Å². The van der Waals surface area contributed by atoms with Crippen molar-refractivity contribution in [1.29, 1.82) is 0 Å². The maximum absolute atomic E-state index is 12.6. The van der Waals surface area contributed by atoms with Crippen molar-refractivity contribution in [3.8, 4) is 0 Å². The summed E-state index contributed by atoms with van der Waals surface area (Å²) in [6.07, 6.45) is 0.195. The first-order chi connectivity index (χ1) is 13.5. The Balaban J connectivity index is 1.46. The van der Waals surface area contributed by atoms with Crippen molar-refractivity contribution >= 4 is 28.5 Å². The predicted molar refractivity (Wildman–Crippen MR) is 106 cm³/mol. The minimum atomic E-state index is -0.425. The fraction of sp³-hybridized carbons (Fsp3) is 0.227. The van der Waals surface area contributed by atoms with E-state index < -0.39 is 11.5 Å². The molecule has 1 aromatic heterocycles. The van der Waals surface area contributed by atoms with Gasteiger partial charge in [-0.3, -0.25) is 9.59 Å². The lowest BCUT2D eigenvalue weighted by molar-refractivity contribution is -0.128. The van der Waals surface area contributed by atoms with Crippen molar-refractivity contribution in [2.24, 2.45) is 5.92 Å². The van der Waals surface area contributed by atoms with Gasteiger partial charge in [0.2, 0.25) is 11.8 Å². The van der Waals surface area contributed by atoms with Crippen LogP contribution in [0.3, 0.4) is 0 Å².